The molecular weight excluding hydrogens is 246 g/mol. The van der Waals surface area contributed by atoms with Crippen molar-refractivity contribution in [2.45, 2.75) is 13.3 Å². The smallest absolute Gasteiger partial charge is 0.309 e. The zero-order chi connectivity index (χ0) is 13.3. The second kappa shape index (κ2) is 8.45. The molecule has 0 aliphatic rings. The molecule has 0 aromatic heterocycles. The van der Waals surface area contributed by atoms with Gasteiger partial charge in [0.15, 0.2) is 0 Å². The largest absolute Gasteiger partial charge is 0.466 e. The molecule has 0 aromatic rings. The van der Waals surface area contributed by atoms with Crippen LogP contribution in [-0.4, -0.2) is 42.5 Å². The quantitative estimate of drug-likeness (QED) is 0.303. The molecule has 0 aromatic carbocycles. The van der Waals surface area contributed by atoms with E-state index in [1.54, 1.807) is 6.92 Å². The molecule has 96 valence electrons. The molecule has 0 fully saturated rings. The van der Waals surface area contributed by atoms with Gasteiger partial charge in [0, 0.05) is 6.54 Å². The summed E-state index contributed by atoms with van der Waals surface area (Å²) in [7, 11) is 0. The van der Waals surface area contributed by atoms with Crippen molar-refractivity contribution in [2.24, 2.45) is 5.73 Å². The van der Waals surface area contributed by atoms with Gasteiger partial charge < -0.3 is 21.1 Å². The van der Waals surface area contributed by atoms with Crippen molar-refractivity contribution in [1.82, 2.24) is 10.6 Å². The molecule has 0 atom stereocenters. The molecule has 0 spiro atoms. The van der Waals surface area contributed by atoms with E-state index in [0.717, 1.165) is 0 Å². The van der Waals surface area contributed by atoms with Crippen molar-refractivity contribution in [3.05, 3.63) is 0 Å². The van der Waals surface area contributed by atoms with Gasteiger partial charge in [-0.3, -0.25) is 14.4 Å². The number of hydrogen-bond donors (Lipinski definition) is 3. The zero-order valence-electron chi connectivity index (χ0n) is 9.45. The van der Waals surface area contributed by atoms with Gasteiger partial charge in [0.25, 0.3) is 0 Å². The molecule has 8 heteroatoms. The molecule has 0 saturated heterocycles. The van der Waals surface area contributed by atoms with Gasteiger partial charge in [-0.2, -0.15) is 0 Å². The molecule has 0 aliphatic carbocycles. The molecule has 7 nitrogen and oxygen atoms in total. The Bertz CT molecular complexity index is 319. The second-order valence-corrected chi connectivity index (χ2v) is 3.48. The van der Waals surface area contributed by atoms with Gasteiger partial charge in [-0.15, -0.1) is 0 Å². The van der Waals surface area contributed by atoms with Crippen LogP contribution in [0.1, 0.15) is 13.3 Å². The monoisotopic (exact) mass is 261 g/mol. The van der Waals surface area contributed by atoms with Crippen LogP contribution in [0, 0.1) is 0 Å². The van der Waals surface area contributed by atoms with E-state index in [-0.39, 0.29) is 31.1 Å². The van der Waals surface area contributed by atoms with Gasteiger partial charge in [0.2, 0.25) is 0 Å². The number of ether oxygens (including phenoxy) is 1. The molecule has 17 heavy (non-hydrogen) atoms. The molecule has 4 N–H and O–H groups in total. The Morgan fingerprint density at radius 3 is 2.35 bits per heavy atom. The predicted octanol–water partition coefficient (Wildman–Crippen LogP) is -1.54. The third kappa shape index (κ3) is 8.14. The van der Waals surface area contributed by atoms with Gasteiger partial charge >= 0.3 is 17.8 Å². The Morgan fingerprint density at radius 2 is 1.82 bits per heavy atom. The Morgan fingerprint density at radius 1 is 1.24 bits per heavy atom. The van der Waals surface area contributed by atoms with Crippen LogP contribution < -0.4 is 16.4 Å². The van der Waals surface area contributed by atoms with Crippen LogP contribution in [0.4, 0.5) is 0 Å². The number of nitrogens with one attached hydrogen (secondary N) is 2. The molecule has 0 bridgehead atoms. The Balaban J connectivity index is 3.74. The number of rotatable bonds is 6. The van der Waals surface area contributed by atoms with Crippen molar-refractivity contribution in [2.75, 3.05) is 19.7 Å². The highest BCUT2D eigenvalue weighted by Crippen LogP contribution is 1.84. The van der Waals surface area contributed by atoms with Gasteiger partial charge in [-0.05, 0) is 6.92 Å². The number of hydrogen-bond acceptors (Lipinski definition) is 5. The van der Waals surface area contributed by atoms with E-state index in [1.165, 1.54) is 0 Å². The number of carbonyl (C=O) groups excluding carboxylic acids is 3. The van der Waals surface area contributed by atoms with Gasteiger partial charge in [-0.1, -0.05) is 12.2 Å². The maximum Gasteiger partial charge on any atom is 0.309 e. The SMILES string of the molecule is CCOC(=O)CCNC(=O)C(=O)NCC(N)=S. The summed E-state index contributed by atoms with van der Waals surface area (Å²) in [5.41, 5.74) is 5.14. The summed E-state index contributed by atoms with van der Waals surface area (Å²) in [4.78, 5) is 33.2. The summed E-state index contributed by atoms with van der Waals surface area (Å²) < 4.78 is 4.64. The van der Waals surface area contributed by atoms with E-state index in [2.05, 4.69) is 27.6 Å². The fourth-order valence-corrected chi connectivity index (χ4v) is 0.911. The molecular formula is C9H15N3O4S. The summed E-state index contributed by atoms with van der Waals surface area (Å²) >= 11 is 4.52. The highest BCUT2D eigenvalue weighted by atomic mass is 32.1. The van der Waals surface area contributed by atoms with Crippen LogP contribution >= 0.6 is 12.2 Å². The Labute approximate surface area is 104 Å². The molecule has 0 unspecified atom stereocenters. The number of thiocarbonyl (C=S) groups is 1. The molecule has 0 rings (SSSR count). The lowest BCUT2D eigenvalue weighted by Crippen LogP contribution is -2.43. The van der Waals surface area contributed by atoms with E-state index in [1.807, 2.05) is 0 Å². The summed E-state index contributed by atoms with van der Waals surface area (Å²) in [5, 5.41) is 4.47. The third-order valence-electron chi connectivity index (χ3n) is 1.55. The van der Waals surface area contributed by atoms with E-state index < -0.39 is 17.8 Å². The topological polar surface area (TPSA) is 111 Å². The lowest BCUT2D eigenvalue weighted by Gasteiger charge is -2.05. The minimum Gasteiger partial charge on any atom is -0.466 e. The van der Waals surface area contributed by atoms with Crippen molar-refractivity contribution >= 4 is 35.0 Å². The first-order valence-corrected chi connectivity index (χ1v) is 5.38. The van der Waals surface area contributed by atoms with Crippen molar-refractivity contribution in [3.8, 4) is 0 Å². The molecule has 0 aliphatic heterocycles. The standard InChI is InChI=1S/C9H15N3O4S/c1-2-16-7(13)3-4-11-8(14)9(15)12-5-6(10)17/h2-5H2,1H3,(H2,10,17)(H,11,14)(H,12,15). The van der Waals surface area contributed by atoms with E-state index >= 15 is 0 Å². The van der Waals surface area contributed by atoms with Crippen LogP contribution in [0.25, 0.3) is 0 Å². The van der Waals surface area contributed by atoms with Gasteiger partial charge in [0.05, 0.1) is 24.6 Å². The average Bonchev–Trinajstić information content (AvgIpc) is 2.25. The predicted molar refractivity (Wildman–Crippen MR) is 64.1 cm³/mol. The number of amides is 2. The summed E-state index contributed by atoms with van der Waals surface area (Å²) in [6.07, 6.45) is 0.0160. The van der Waals surface area contributed by atoms with Crippen molar-refractivity contribution < 1.29 is 19.1 Å². The summed E-state index contributed by atoms with van der Waals surface area (Å²) in [6, 6.07) is 0. The fraction of sp³-hybridized carbons (Fsp3) is 0.556. The molecule has 2 amide bonds. The first-order valence-electron chi connectivity index (χ1n) is 4.97. The second-order valence-electron chi connectivity index (χ2n) is 2.96. The minimum atomic E-state index is -0.846. The number of esters is 1. The van der Waals surface area contributed by atoms with Crippen LogP contribution in [0.5, 0.6) is 0 Å². The fourth-order valence-electron chi connectivity index (χ4n) is 0.839. The summed E-state index contributed by atoms with van der Waals surface area (Å²) in [5.74, 6) is -2.12. The zero-order valence-corrected chi connectivity index (χ0v) is 10.3. The van der Waals surface area contributed by atoms with Crippen LogP contribution in [0.2, 0.25) is 0 Å². The molecule has 0 radical (unpaired) electrons. The molecule has 0 heterocycles. The van der Waals surface area contributed by atoms with Gasteiger partial charge in [0.1, 0.15) is 0 Å². The lowest BCUT2D eigenvalue weighted by molar-refractivity contribution is -0.143. The number of nitrogens with two attached hydrogens (primary N) is 1. The molecule has 0 saturated carbocycles. The van der Waals surface area contributed by atoms with Crippen molar-refractivity contribution in [1.29, 1.82) is 0 Å². The Hall–Kier alpha value is -1.70. The number of carbonyl (C=O) groups is 3. The highest BCUT2D eigenvalue weighted by Gasteiger charge is 2.13. The van der Waals surface area contributed by atoms with E-state index in [4.69, 9.17) is 5.73 Å². The van der Waals surface area contributed by atoms with E-state index in [0.29, 0.717) is 0 Å². The normalized spacial score (nSPS) is 9.24. The third-order valence-corrected chi connectivity index (χ3v) is 1.69. The first-order chi connectivity index (χ1) is 7.97. The highest BCUT2D eigenvalue weighted by molar-refractivity contribution is 7.80. The minimum absolute atomic E-state index is 0.0160. The maximum absolute atomic E-state index is 11.1. The van der Waals surface area contributed by atoms with Crippen LogP contribution in [0.15, 0.2) is 0 Å². The van der Waals surface area contributed by atoms with Crippen molar-refractivity contribution in [3.63, 3.8) is 0 Å². The van der Waals surface area contributed by atoms with Crippen LogP contribution in [0.3, 0.4) is 0 Å². The summed E-state index contributed by atoms with van der Waals surface area (Å²) in [6.45, 7) is 1.96. The van der Waals surface area contributed by atoms with Crippen LogP contribution in [-0.2, 0) is 19.1 Å². The van der Waals surface area contributed by atoms with E-state index in [9.17, 15) is 14.4 Å². The Kier molecular flexibility index (Phi) is 7.61. The first kappa shape index (κ1) is 15.3. The lowest BCUT2D eigenvalue weighted by atomic mass is 10.4. The average molecular weight is 261 g/mol. The maximum atomic E-state index is 11.1. The van der Waals surface area contributed by atoms with Gasteiger partial charge in [-0.25, -0.2) is 0 Å².